The van der Waals surface area contributed by atoms with E-state index in [1.807, 2.05) is 6.07 Å². The lowest BCUT2D eigenvalue weighted by molar-refractivity contribution is -0.00772. The first kappa shape index (κ1) is 21.9. The Labute approximate surface area is 183 Å². The van der Waals surface area contributed by atoms with Crippen LogP contribution in [0, 0.1) is 0 Å². The van der Waals surface area contributed by atoms with Crippen molar-refractivity contribution in [2.24, 2.45) is 0 Å². The Morgan fingerprint density at radius 3 is 2.34 bits per heavy atom. The van der Waals surface area contributed by atoms with Gasteiger partial charge in [0.05, 0.1) is 18.3 Å². The van der Waals surface area contributed by atoms with Gasteiger partial charge < -0.3 is 15.4 Å². The van der Waals surface area contributed by atoms with E-state index in [9.17, 15) is 0 Å². The van der Waals surface area contributed by atoms with E-state index in [0.717, 1.165) is 18.5 Å². The van der Waals surface area contributed by atoms with Crippen molar-refractivity contribution in [1.82, 2.24) is 14.9 Å². The number of nitrogens with zero attached hydrogens (tertiary/aromatic N) is 3. The van der Waals surface area contributed by atoms with E-state index in [1.165, 1.54) is 0 Å². The zero-order valence-corrected chi connectivity index (χ0v) is 19.3. The summed E-state index contributed by atoms with van der Waals surface area (Å²) < 4.78 is 5.19. The van der Waals surface area contributed by atoms with Gasteiger partial charge in [0.1, 0.15) is 10.8 Å². The summed E-state index contributed by atoms with van der Waals surface area (Å²) >= 11 is 12.6. The summed E-state index contributed by atoms with van der Waals surface area (Å²) in [7, 11) is 3.77. The van der Waals surface area contributed by atoms with Gasteiger partial charge in [-0.05, 0) is 65.8 Å². The van der Waals surface area contributed by atoms with E-state index < -0.39 is 0 Å². The molecule has 0 unspecified atom stereocenters. The second kappa shape index (κ2) is 8.17. The van der Waals surface area contributed by atoms with E-state index >= 15 is 0 Å². The van der Waals surface area contributed by atoms with E-state index in [0.29, 0.717) is 27.6 Å². The van der Waals surface area contributed by atoms with Crippen LogP contribution in [0.3, 0.4) is 0 Å². The molecule has 1 fully saturated rings. The normalized spacial score (nSPS) is 19.0. The maximum absolute atomic E-state index is 6.39. The maximum Gasteiger partial charge on any atom is 0.229 e. The first-order valence-electron chi connectivity index (χ1n) is 9.65. The van der Waals surface area contributed by atoms with Gasteiger partial charge in [0.25, 0.3) is 0 Å². The van der Waals surface area contributed by atoms with Crippen LogP contribution in [0.5, 0.6) is 5.75 Å². The molecule has 2 heterocycles. The molecule has 2 N–H and O–H groups in total. The summed E-state index contributed by atoms with van der Waals surface area (Å²) in [5, 5.41) is 7.72. The summed E-state index contributed by atoms with van der Waals surface area (Å²) in [5.41, 5.74) is 0.908. The predicted octanol–water partition coefficient (Wildman–Crippen LogP) is 5.60. The second-order valence-electron chi connectivity index (χ2n) is 8.80. The molecular formula is C21H29Cl2N5O. The van der Waals surface area contributed by atoms with Crippen LogP contribution in [0.15, 0.2) is 24.4 Å². The van der Waals surface area contributed by atoms with Crippen molar-refractivity contribution in [3.8, 4) is 5.75 Å². The molecule has 1 aliphatic rings. The average Bonchev–Trinajstić information content (AvgIpc) is 2.62. The lowest BCUT2D eigenvalue weighted by Crippen LogP contribution is -2.61. The van der Waals surface area contributed by atoms with Gasteiger partial charge in [0.15, 0.2) is 5.82 Å². The van der Waals surface area contributed by atoms with E-state index in [2.05, 4.69) is 60.2 Å². The molecule has 1 aromatic carbocycles. The van der Waals surface area contributed by atoms with Gasteiger partial charge in [0.2, 0.25) is 5.95 Å². The molecule has 3 rings (SSSR count). The lowest BCUT2D eigenvalue weighted by atomic mass is 9.77. The highest BCUT2D eigenvalue weighted by Crippen LogP contribution is 2.38. The molecule has 158 valence electrons. The van der Waals surface area contributed by atoms with Gasteiger partial charge in [-0.1, -0.05) is 23.2 Å². The molecule has 0 atom stereocenters. The van der Waals surface area contributed by atoms with Crippen molar-refractivity contribution >= 4 is 40.7 Å². The zero-order chi connectivity index (χ0) is 21.4. The number of anilines is 3. The summed E-state index contributed by atoms with van der Waals surface area (Å²) in [4.78, 5) is 11.3. The molecule has 8 heteroatoms. The van der Waals surface area contributed by atoms with E-state index in [4.69, 9.17) is 27.9 Å². The third kappa shape index (κ3) is 4.87. The van der Waals surface area contributed by atoms with Crippen LogP contribution in [-0.2, 0) is 0 Å². The topological polar surface area (TPSA) is 62.3 Å². The first-order valence-corrected chi connectivity index (χ1v) is 10.4. The number of hydrogen-bond donors (Lipinski definition) is 2. The van der Waals surface area contributed by atoms with Crippen molar-refractivity contribution < 1.29 is 4.74 Å². The molecule has 1 saturated heterocycles. The monoisotopic (exact) mass is 437 g/mol. The molecule has 0 radical (unpaired) electrons. The van der Waals surface area contributed by atoms with Gasteiger partial charge in [-0.3, -0.25) is 4.90 Å². The summed E-state index contributed by atoms with van der Waals surface area (Å²) in [6, 6.07) is 5.68. The second-order valence-corrected chi connectivity index (χ2v) is 9.61. The molecule has 0 bridgehead atoms. The Morgan fingerprint density at radius 2 is 1.76 bits per heavy atom. The highest BCUT2D eigenvalue weighted by molar-refractivity contribution is 6.33. The Morgan fingerprint density at radius 1 is 1.10 bits per heavy atom. The fourth-order valence-corrected chi connectivity index (χ4v) is 4.47. The highest BCUT2D eigenvalue weighted by atomic mass is 35.5. The quantitative estimate of drug-likeness (QED) is 0.634. The SMILES string of the molecule is COc1ccc(Nc2ncc(Cl)c(NC3CC(C)(C)N(C)C(C)(C)C3)n2)cc1Cl. The van der Waals surface area contributed by atoms with E-state index in [-0.39, 0.29) is 17.1 Å². The number of benzene rings is 1. The van der Waals surface area contributed by atoms with Gasteiger partial charge >= 0.3 is 0 Å². The molecular weight excluding hydrogens is 409 g/mol. The van der Waals surface area contributed by atoms with Crippen LogP contribution in [0.25, 0.3) is 0 Å². The van der Waals surface area contributed by atoms with Crippen molar-refractivity contribution in [3.63, 3.8) is 0 Å². The summed E-state index contributed by atoms with van der Waals surface area (Å²) in [6.45, 7) is 9.07. The zero-order valence-electron chi connectivity index (χ0n) is 17.8. The maximum atomic E-state index is 6.39. The van der Waals surface area contributed by atoms with Crippen molar-refractivity contribution in [1.29, 1.82) is 0 Å². The number of piperidine rings is 1. The highest BCUT2D eigenvalue weighted by Gasteiger charge is 2.43. The van der Waals surface area contributed by atoms with Crippen LogP contribution in [0.1, 0.15) is 40.5 Å². The Hall–Kier alpha value is -1.76. The number of halogens is 2. The molecule has 1 aromatic heterocycles. The molecule has 29 heavy (non-hydrogen) atoms. The smallest absolute Gasteiger partial charge is 0.229 e. The molecule has 6 nitrogen and oxygen atoms in total. The minimum atomic E-state index is 0.0693. The lowest BCUT2D eigenvalue weighted by Gasteiger charge is -2.53. The van der Waals surface area contributed by atoms with Crippen LogP contribution >= 0.6 is 23.2 Å². The third-order valence-corrected chi connectivity index (χ3v) is 6.37. The van der Waals surface area contributed by atoms with Crippen LogP contribution in [0.4, 0.5) is 17.5 Å². The summed E-state index contributed by atoms with van der Waals surface area (Å²) in [5.74, 6) is 1.69. The third-order valence-electron chi connectivity index (χ3n) is 5.80. The molecule has 0 amide bonds. The predicted molar refractivity (Wildman–Crippen MR) is 121 cm³/mol. The fraction of sp³-hybridized carbons (Fsp3) is 0.524. The molecule has 2 aromatic rings. The minimum Gasteiger partial charge on any atom is -0.495 e. The molecule has 0 spiro atoms. The summed E-state index contributed by atoms with van der Waals surface area (Å²) in [6.07, 6.45) is 3.59. The molecule has 0 saturated carbocycles. The fourth-order valence-electron chi connectivity index (χ4n) is 4.07. The largest absolute Gasteiger partial charge is 0.495 e. The first-order chi connectivity index (χ1) is 13.5. The van der Waals surface area contributed by atoms with Crippen LogP contribution < -0.4 is 15.4 Å². The number of aromatic nitrogens is 2. The van der Waals surface area contributed by atoms with E-state index in [1.54, 1.807) is 25.4 Å². The number of nitrogens with one attached hydrogen (secondary N) is 2. The number of rotatable bonds is 5. The average molecular weight is 438 g/mol. The van der Waals surface area contributed by atoms with Gasteiger partial charge in [-0.15, -0.1) is 0 Å². The number of likely N-dealkylation sites (tertiary alicyclic amines) is 1. The van der Waals surface area contributed by atoms with Crippen LogP contribution in [0.2, 0.25) is 10.0 Å². The Balaban J connectivity index is 1.78. The Bertz CT molecular complexity index is 869. The number of ether oxygens (including phenoxy) is 1. The van der Waals surface area contributed by atoms with Gasteiger partial charge in [0, 0.05) is 22.8 Å². The van der Waals surface area contributed by atoms with Crippen LogP contribution in [-0.4, -0.2) is 46.1 Å². The number of methoxy groups -OCH3 is 1. The Kier molecular flexibility index (Phi) is 6.18. The van der Waals surface area contributed by atoms with Gasteiger partial charge in [-0.2, -0.15) is 4.98 Å². The molecule has 1 aliphatic heterocycles. The van der Waals surface area contributed by atoms with Crippen molar-refractivity contribution in [2.45, 2.75) is 57.7 Å². The van der Waals surface area contributed by atoms with Gasteiger partial charge in [-0.25, -0.2) is 4.98 Å². The van der Waals surface area contributed by atoms with Crippen molar-refractivity contribution in [2.75, 3.05) is 24.8 Å². The van der Waals surface area contributed by atoms with Crippen molar-refractivity contribution in [3.05, 3.63) is 34.4 Å². The number of hydrogen-bond acceptors (Lipinski definition) is 6. The standard InChI is InChI=1S/C21H29Cl2N5O/c1-20(2)10-14(11-21(3,4)28(20)5)25-18-16(23)12-24-19(27-18)26-13-7-8-17(29-6)15(22)9-13/h7-9,12,14H,10-11H2,1-6H3,(H2,24,25,26,27). The molecule has 0 aliphatic carbocycles. The minimum absolute atomic E-state index is 0.0693.